The fourth-order valence-electron chi connectivity index (χ4n) is 2.03. The number of quaternary nitrogens is 1. The van der Waals surface area contributed by atoms with Crippen LogP contribution in [0, 0.1) is 0 Å². The Hall–Kier alpha value is -0.0800. The van der Waals surface area contributed by atoms with E-state index in [-0.39, 0.29) is 0 Å². The molecule has 13 heavy (non-hydrogen) atoms. The SMILES string of the molecule is CCC[N+](CCC)(CCC)OCC. The highest BCUT2D eigenvalue weighted by atomic mass is 16.7. The first-order valence-corrected chi connectivity index (χ1v) is 5.75. The first-order chi connectivity index (χ1) is 6.24. The first kappa shape index (κ1) is 12.9. The molecule has 0 amide bonds. The zero-order valence-corrected chi connectivity index (χ0v) is 9.81. The Morgan fingerprint density at radius 3 is 1.38 bits per heavy atom. The van der Waals surface area contributed by atoms with Crippen molar-refractivity contribution in [3.63, 3.8) is 0 Å². The smallest absolute Gasteiger partial charge is 0.109 e. The van der Waals surface area contributed by atoms with E-state index in [9.17, 15) is 0 Å². The van der Waals surface area contributed by atoms with Gasteiger partial charge in [-0.25, -0.2) is 4.84 Å². The molecule has 0 fully saturated rings. The van der Waals surface area contributed by atoms with Crippen molar-refractivity contribution < 1.29 is 9.48 Å². The lowest BCUT2D eigenvalue weighted by atomic mass is 10.3. The van der Waals surface area contributed by atoms with E-state index in [4.69, 9.17) is 4.84 Å². The summed E-state index contributed by atoms with van der Waals surface area (Å²) in [4.78, 5) is 5.89. The lowest BCUT2D eigenvalue weighted by Gasteiger charge is -2.34. The number of nitrogens with zero attached hydrogens (tertiary/aromatic N) is 1. The van der Waals surface area contributed by atoms with Crippen LogP contribution in [0.5, 0.6) is 0 Å². The minimum atomic E-state index is 0.833. The zero-order chi connectivity index (χ0) is 10.2. The summed E-state index contributed by atoms with van der Waals surface area (Å²) in [5.74, 6) is 0. The predicted molar refractivity (Wildman–Crippen MR) is 57.4 cm³/mol. The van der Waals surface area contributed by atoms with Gasteiger partial charge in [-0.3, -0.25) is 0 Å². The monoisotopic (exact) mass is 188 g/mol. The summed E-state index contributed by atoms with van der Waals surface area (Å²) in [6, 6.07) is 0. The lowest BCUT2D eigenvalue weighted by molar-refractivity contribution is -1.10. The Morgan fingerprint density at radius 2 is 1.15 bits per heavy atom. The van der Waals surface area contributed by atoms with Crippen LogP contribution in [0.2, 0.25) is 0 Å². The maximum atomic E-state index is 5.89. The summed E-state index contributed by atoms with van der Waals surface area (Å²) >= 11 is 0. The molecule has 2 nitrogen and oxygen atoms in total. The number of hydrogen-bond acceptors (Lipinski definition) is 1. The molecule has 0 atom stereocenters. The quantitative estimate of drug-likeness (QED) is 0.420. The molecule has 0 saturated heterocycles. The summed E-state index contributed by atoms with van der Waals surface area (Å²) in [7, 11) is 0. The van der Waals surface area contributed by atoms with Gasteiger partial charge in [0.05, 0.1) is 0 Å². The van der Waals surface area contributed by atoms with Crippen molar-refractivity contribution in [2.75, 3.05) is 26.2 Å². The molecule has 0 bridgehead atoms. The van der Waals surface area contributed by atoms with Crippen LogP contribution in [0.4, 0.5) is 0 Å². The fourth-order valence-corrected chi connectivity index (χ4v) is 2.03. The molecule has 80 valence electrons. The Bertz CT molecular complexity index is 85.1. The highest BCUT2D eigenvalue weighted by molar-refractivity contribution is 4.35. The Morgan fingerprint density at radius 1 is 0.769 bits per heavy atom. The largest absolute Gasteiger partial charge is 0.203 e. The molecular formula is C11H26NO+. The van der Waals surface area contributed by atoms with Gasteiger partial charge >= 0.3 is 0 Å². The van der Waals surface area contributed by atoms with Crippen LogP contribution in [0.25, 0.3) is 0 Å². The molecule has 0 aromatic heterocycles. The van der Waals surface area contributed by atoms with Crippen molar-refractivity contribution in [2.45, 2.75) is 47.0 Å². The summed E-state index contributed by atoms with van der Waals surface area (Å²) in [6.07, 6.45) is 3.62. The standard InChI is InChI=1S/C11H26NO/c1-5-9-12(10-6-2,11-7-3)13-8-4/h5-11H2,1-4H3/q+1. The summed E-state index contributed by atoms with van der Waals surface area (Å²) in [5.41, 5.74) is 0. The molecule has 0 aliphatic heterocycles. The highest BCUT2D eigenvalue weighted by Gasteiger charge is 2.25. The van der Waals surface area contributed by atoms with Crippen molar-refractivity contribution in [3.05, 3.63) is 0 Å². The van der Waals surface area contributed by atoms with Gasteiger partial charge in [-0.05, 0) is 26.2 Å². The second-order valence-electron chi connectivity index (χ2n) is 3.65. The predicted octanol–water partition coefficient (Wildman–Crippen LogP) is 2.98. The van der Waals surface area contributed by atoms with Gasteiger partial charge in [-0.2, -0.15) is 4.65 Å². The normalized spacial score (nSPS) is 12.0. The van der Waals surface area contributed by atoms with E-state index < -0.39 is 0 Å². The third-order valence-corrected chi connectivity index (χ3v) is 2.30. The minimum Gasteiger partial charge on any atom is -0.203 e. The number of hydrogen-bond donors (Lipinski definition) is 0. The van der Waals surface area contributed by atoms with Crippen LogP contribution in [0.15, 0.2) is 0 Å². The van der Waals surface area contributed by atoms with E-state index in [1.807, 2.05) is 0 Å². The van der Waals surface area contributed by atoms with Gasteiger partial charge in [0.25, 0.3) is 0 Å². The molecule has 0 aromatic rings. The van der Waals surface area contributed by atoms with Crippen molar-refractivity contribution in [3.8, 4) is 0 Å². The Labute approximate surface area is 83.4 Å². The van der Waals surface area contributed by atoms with Crippen LogP contribution in [-0.2, 0) is 4.84 Å². The van der Waals surface area contributed by atoms with Crippen LogP contribution in [0.3, 0.4) is 0 Å². The molecule has 0 aliphatic carbocycles. The zero-order valence-electron chi connectivity index (χ0n) is 9.81. The summed E-state index contributed by atoms with van der Waals surface area (Å²) in [5, 5.41) is 0. The molecular weight excluding hydrogens is 162 g/mol. The van der Waals surface area contributed by atoms with E-state index in [1.165, 1.54) is 19.3 Å². The Kier molecular flexibility index (Phi) is 7.29. The van der Waals surface area contributed by atoms with E-state index in [0.717, 1.165) is 30.9 Å². The van der Waals surface area contributed by atoms with Crippen LogP contribution in [0.1, 0.15) is 47.0 Å². The maximum Gasteiger partial charge on any atom is 0.109 e. The first-order valence-electron chi connectivity index (χ1n) is 5.75. The van der Waals surface area contributed by atoms with E-state index >= 15 is 0 Å². The molecule has 0 N–H and O–H groups in total. The topological polar surface area (TPSA) is 9.23 Å². The molecule has 2 heteroatoms. The lowest BCUT2D eigenvalue weighted by Crippen LogP contribution is -2.49. The number of hydroxylamine groups is 3. The number of rotatable bonds is 8. The molecule has 0 aliphatic rings. The summed E-state index contributed by atoms with van der Waals surface area (Å²) in [6.45, 7) is 13.1. The van der Waals surface area contributed by atoms with Crippen LogP contribution in [-0.4, -0.2) is 30.9 Å². The van der Waals surface area contributed by atoms with Crippen molar-refractivity contribution in [1.29, 1.82) is 0 Å². The summed E-state index contributed by atoms with van der Waals surface area (Å²) < 4.78 is 0.875. The molecule has 0 radical (unpaired) electrons. The van der Waals surface area contributed by atoms with Crippen molar-refractivity contribution in [2.24, 2.45) is 0 Å². The third-order valence-electron chi connectivity index (χ3n) is 2.30. The maximum absolute atomic E-state index is 5.89. The molecule has 0 spiro atoms. The average molecular weight is 188 g/mol. The van der Waals surface area contributed by atoms with Gasteiger partial charge in [-0.1, -0.05) is 20.8 Å². The van der Waals surface area contributed by atoms with Crippen LogP contribution >= 0.6 is 0 Å². The molecule has 0 saturated carbocycles. The Balaban J connectivity index is 4.19. The average Bonchev–Trinajstić information content (AvgIpc) is 2.06. The van der Waals surface area contributed by atoms with Gasteiger partial charge in [0, 0.05) is 0 Å². The van der Waals surface area contributed by atoms with E-state index in [2.05, 4.69) is 27.7 Å². The molecule has 0 aromatic carbocycles. The van der Waals surface area contributed by atoms with E-state index in [0.29, 0.717) is 0 Å². The second kappa shape index (κ2) is 7.34. The van der Waals surface area contributed by atoms with Crippen LogP contribution < -0.4 is 0 Å². The minimum absolute atomic E-state index is 0.833. The molecule has 0 heterocycles. The van der Waals surface area contributed by atoms with Gasteiger partial charge in [0.15, 0.2) is 0 Å². The molecule has 0 rings (SSSR count). The van der Waals surface area contributed by atoms with E-state index in [1.54, 1.807) is 0 Å². The van der Waals surface area contributed by atoms with Gasteiger partial charge in [0.1, 0.15) is 26.2 Å². The van der Waals surface area contributed by atoms with Gasteiger partial charge in [-0.15, -0.1) is 0 Å². The third kappa shape index (κ3) is 4.63. The van der Waals surface area contributed by atoms with Crippen molar-refractivity contribution >= 4 is 0 Å². The van der Waals surface area contributed by atoms with Gasteiger partial charge < -0.3 is 0 Å². The second-order valence-corrected chi connectivity index (χ2v) is 3.65. The highest BCUT2D eigenvalue weighted by Crippen LogP contribution is 2.12. The molecule has 0 unspecified atom stereocenters. The fraction of sp³-hybridized carbons (Fsp3) is 1.00. The van der Waals surface area contributed by atoms with Gasteiger partial charge in [0.2, 0.25) is 0 Å². The van der Waals surface area contributed by atoms with Crippen molar-refractivity contribution in [1.82, 2.24) is 0 Å².